The summed E-state index contributed by atoms with van der Waals surface area (Å²) in [5, 5.41) is 0. The van der Waals surface area contributed by atoms with Crippen LogP contribution in [0.25, 0.3) is 0 Å². The molecule has 0 bridgehead atoms. The number of rotatable bonds is 0. The van der Waals surface area contributed by atoms with Crippen LogP contribution in [0, 0.1) is 0 Å². The van der Waals surface area contributed by atoms with E-state index >= 15 is 0 Å². The monoisotopic (exact) mass is 304 g/mol. The number of halogens is 1. The van der Waals surface area contributed by atoms with E-state index in [4.69, 9.17) is 38.5 Å². The number of hydrogen-bond acceptors (Lipinski definition) is 2. The molecule has 0 amide bonds. The third kappa shape index (κ3) is 265. The van der Waals surface area contributed by atoms with E-state index in [0.29, 0.717) is 0 Å². The Morgan fingerprint density at radius 2 is 0.643 bits per heavy atom. The molecular formula is H10ClNa3O8P2. The van der Waals surface area contributed by atoms with Crippen molar-refractivity contribution in [2.24, 2.45) is 0 Å². The van der Waals surface area contributed by atoms with Crippen LogP contribution in [0.15, 0.2) is 0 Å². The Balaban J connectivity index is -0.00000000762. The summed E-state index contributed by atoms with van der Waals surface area (Å²) in [6.45, 7) is 0. The van der Waals surface area contributed by atoms with Crippen molar-refractivity contribution in [1.29, 1.82) is 0 Å². The Hall–Kier alpha value is 3.51. The first-order valence-electron chi connectivity index (χ1n) is 1.57. The van der Waals surface area contributed by atoms with Gasteiger partial charge in [0.25, 0.3) is 0 Å². The summed E-state index contributed by atoms with van der Waals surface area (Å²) in [4.78, 5) is 43.1. The van der Waals surface area contributed by atoms with Crippen LogP contribution in [0.3, 0.4) is 0 Å². The molecule has 0 aliphatic heterocycles. The van der Waals surface area contributed by atoms with Crippen molar-refractivity contribution in [3.63, 3.8) is 0 Å². The van der Waals surface area contributed by atoms with Gasteiger partial charge < -0.3 is 33.6 Å². The predicted molar refractivity (Wildman–Crippen MR) is 39.1 cm³/mol. The molecule has 0 saturated heterocycles. The fourth-order valence-corrected chi connectivity index (χ4v) is 0. The Bertz CT molecular complexity index is 146. The van der Waals surface area contributed by atoms with E-state index in [1.54, 1.807) is 0 Å². The molecule has 0 unspecified atom stereocenters. The second-order valence-electron chi connectivity index (χ2n) is 1.03. The van der Waals surface area contributed by atoms with Crippen LogP contribution in [0.1, 0.15) is 4.28 Å². The van der Waals surface area contributed by atoms with Gasteiger partial charge in [-0.2, -0.15) is 0 Å². The molecule has 0 atom stereocenters. The van der Waals surface area contributed by atoms with Crippen molar-refractivity contribution >= 4 is 28.1 Å². The standard InChI is InChI=1S/ClH.3Na.2H3O4P.3H/c;;;;2*1-5(2,3)4;;;/h1H;;;;2*(H3,1,2,3,4);;;/q;3*+1;;;3*-1. The first kappa shape index (κ1) is 36.0. The van der Waals surface area contributed by atoms with Gasteiger partial charge in [-0.15, -0.1) is 12.4 Å². The second kappa shape index (κ2) is 16.5. The maximum Gasteiger partial charge on any atom is 1.00 e. The molecule has 0 fully saturated rings. The summed E-state index contributed by atoms with van der Waals surface area (Å²) in [5.74, 6) is 0. The molecule has 0 heterocycles. The van der Waals surface area contributed by atoms with Gasteiger partial charge in [0.05, 0.1) is 0 Å². The van der Waals surface area contributed by atoms with E-state index in [1.807, 2.05) is 0 Å². The van der Waals surface area contributed by atoms with Crippen LogP contribution >= 0.6 is 28.1 Å². The molecule has 0 aromatic carbocycles. The van der Waals surface area contributed by atoms with Crippen molar-refractivity contribution in [1.82, 2.24) is 0 Å². The van der Waals surface area contributed by atoms with E-state index in [9.17, 15) is 0 Å². The van der Waals surface area contributed by atoms with Gasteiger partial charge in [0.1, 0.15) is 0 Å². The molecule has 14 heteroatoms. The minimum absolute atomic E-state index is 0. The van der Waals surface area contributed by atoms with E-state index in [-0.39, 0.29) is 105 Å². The van der Waals surface area contributed by atoms with Crippen molar-refractivity contribution in [3.05, 3.63) is 0 Å². The molecule has 8 nitrogen and oxygen atoms in total. The molecule has 0 rings (SSSR count). The topological polar surface area (TPSA) is 156 Å². The largest absolute Gasteiger partial charge is 1.00 e. The third-order valence-corrected chi connectivity index (χ3v) is 0. The molecule has 0 aliphatic rings. The van der Waals surface area contributed by atoms with Gasteiger partial charge >= 0.3 is 104 Å². The zero-order valence-corrected chi connectivity index (χ0v) is 16.4. The summed E-state index contributed by atoms with van der Waals surface area (Å²) in [6, 6.07) is 0. The zero-order chi connectivity index (χ0) is 9.00. The van der Waals surface area contributed by atoms with Crippen LogP contribution in [0.2, 0.25) is 0 Å². The van der Waals surface area contributed by atoms with Gasteiger partial charge in [-0.05, 0) is 0 Å². The summed E-state index contributed by atoms with van der Waals surface area (Å²) in [5.41, 5.74) is 0. The quantitative estimate of drug-likeness (QED) is 0.190. The van der Waals surface area contributed by atoms with Crippen LogP contribution < -0.4 is 88.7 Å². The molecule has 0 spiro atoms. The van der Waals surface area contributed by atoms with Crippen molar-refractivity contribution < 1.29 is 131 Å². The maximum atomic E-state index is 8.88. The van der Waals surface area contributed by atoms with Crippen LogP contribution in [-0.4, -0.2) is 29.4 Å². The Kier molecular flexibility index (Phi) is 42.5. The van der Waals surface area contributed by atoms with Crippen LogP contribution in [-0.2, 0) is 9.13 Å². The summed E-state index contributed by atoms with van der Waals surface area (Å²) in [6.07, 6.45) is 0. The molecule has 6 N–H and O–H groups in total. The summed E-state index contributed by atoms with van der Waals surface area (Å²) in [7, 11) is -9.28. The third-order valence-electron chi connectivity index (χ3n) is 0. The van der Waals surface area contributed by atoms with Gasteiger partial charge in [0.15, 0.2) is 0 Å². The van der Waals surface area contributed by atoms with Crippen LogP contribution in [0.5, 0.6) is 0 Å². The Morgan fingerprint density at radius 3 is 0.643 bits per heavy atom. The van der Waals surface area contributed by atoms with Gasteiger partial charge in [-0.3, -0.25) is 0 Å². The van der Waals surface area contributed by atoms with Crippen molar-refractivity contribution in [2.45, 2.75) is 0 Å². The fraction of sp³-hybridized carbons (Fsp3) is 0. The molecule has 0 saturated carbocycles. The number of hydrogen-bond donors (Lipinski definition) is 6. The maximum absolute atomic E-state index is 8.88. The second-order valence-corrected chi connectivity index (χ2v) is 3.08. The molecule has 78 valence electrons. The average molecular weight is 304 g/mol. The molecular weight excluding hydrogens is 294 g/mol. The summed E-state index contributed by atoms with van der Waals surface area (Å²) >= 11 is 0. The van der Waals surface area contributed by atoms with E-state index in [0.717, 1.165) is 0 Å². The zero-order valence-electron chi connectivity index (χ0n) is 10.8. The van der Waals surface area contributed by atoms with E-state index < -0.39 is 15.6 Å². The molecule has 14 heavy (non-hydrogen) atoms. The average Bonchev–Trinajstić information content (AvgIpc) is 1.12. The van der Waals surface area contributed by atoms with E-state index in [1.165, 1.54) is 0 Å². The first-order chi connectivity index (χ1) is 4.00. The minimum Gasteiger partial charge on any atom is -1.00 e. The Labute approximate surface area is 157 Å². The Morgan fingerprint density at radius 1 is 0.643 bits per heavy atom. The fourth-order valence-electron chi connectivity index (χ4n) is 0. The van der Waals surface area contributed by atoms with Crippen molar-refractivity contribution in [3.8, 4) is 0 Å². The van der Waals surface area contributed by atoms with E-state index in [2.05, 4.69) is 0 Å². The van der Waals surface area contributed by atoms with Crippen LogP contribution in [0.4, 0.5) is 0 Å². The van der Waals surface area contributed by atoms with Gasteiger partial charge in [0, 0.05) is 0 Å². The molecule has 0 aromatic heterocycles. The van der Waals surface area contributed by atoms with Gasteiger partial charge in [-0.25, -0.2) is 9.13 Å². The van der Waals surface area contributed by atoms with Gasteiger partial charge in [-0.1, -0.05) is 0 Å². The van der Waals surface area contributed by atoms with Crippen molar-refractivity contribution in [2.75, 3.05) is 0 Å². The molecule has 0 aliphatic carbocycles. The molecule has 0 radical (unpaired) electrons. The smallest absolute Gasteiger partial charge is 1.00 e. The summed E-state index contributed by atoms with van der Waals surface area (Å²) < 4.78 is 17.8. The number of phosphoric acid groups is 2. The SMILES string of the molecule is Cl.O=P(O)(O)O.O=P(O)(O)O.[H-].[H-].[H-].[Na+].[Na+].[Na+]. The normalized spacial score (nSPS) is 8.43. The molecule has 0 aromatic rings. The first-order valence-corrected chi connectivity index (χ1v) is 4.70. The minimum atomic E-state index is -4.64. The predicted octanol–water partition coefficient (Wildman–Crippen LogP) is -10.1. The van der Waals surface area contributed by atoms with Gasteiger partial charge in [0.2, 0.25) is 0 Å².